The second-order valence-corrected chi connectivity index (χ2v) is 11.1. The SMILES string of the molecule is C#Cc1c(F)ccc2cc(O)cc(-c3ncc4c(N5CCOCC5)nc(OCC56CCCN5CC(F)C6)nc4c3F)c12. The number of hydrogen-bond acceptors (Lipinski definition) is 8. The Morgan fingerprint density at radius 2 is 2.00 bits per heavy atom. The highest BCUT2D eigenvalue weighted by atomic mass is 19.1. The van der Waals surface area contributed by atoms with Crippen LogP contribution in [-0.2, 0) is 4.74 Å². The zero-order valence-corrected chi connectivity index (χ0v) is 22.7. The number of aromatic hydroxyl groups is 1. The third kappa shape index (κ3) is 4.37. The molecule has 216 valence electrons. The van der Waals surface area contributed by atoms with Crippen LogP contribution in [0.15, 0.2) is 30.5 Å². The van der Waals surface area contributed by atoms with Gasteiger partial charge in [-0.15, -0.1) is 6.42 Å². The van der Waals surface area contributed by atoms with Crippen molar-refractivity contribution in [1.29, 1.82) is 0 Å². The molecule has 4 aromatic rings. The number of benzene rings is 2. The minimum absolute atomic E-state index is 0.0281. The highest BCUT2D eigenvalue weighted by Gasteiger charge is 2.49. The van der Waals surface area contributed by atoms with Crippen LogP contribution in [0, 0.1) is 24.0 Å². The third-order valence-corrected chi connectivity index (χ3v) is 8.64. The van der Waals surface area contributed by atoms with Crippen molar-refractivity contribution >= 4 is 27.5 Å². The van der Waals surface area contributed by atoms with E-state index in [2.05, 4.69) is 25.8 Å². The lowest BCUT2D eigenvalue weighted by atomic mass is 9.95. The predicted molar refractivity (Wildman–Crippen MR) is 151 cm³/mol. The highest BCUT2D eigenvalue weighted by molar-refractivity contribution is 6.03. The van der Waals surface area contributed by atoms with Crippen molar-refractivity contribution in [1.82, 2.24) is 19.9 Å². The quantitative estimate of drug-likeness (QED) is 0.346. The van der Waals surface area contributed by atoms with E-state index in [-0.39, 0.29) is 46.1 Å². The number of morpholine rings is 1. The molecule has 3 aliphatic rings. The van der Waals surface area contributed by atoms with E-state index in [4.69, 9.17) is 15.9 Å². The Labute approximate surface area is 240 Å². The monoisotopic (exact) mass is 575 g/mol. The summed E-state index contributed by atoms with van der Waals surface area (Å²) >= 11 is 0. The van der Waals surface area contributed by atoms with Gasteiger partial charge in [0.25, 0.3) is 0 Å². The van der Waals surface area contributed by atoms with Gasteiger partial charge >= 0.3 is 6.01 Å². The topological polar surface area (TPSA) is 83.8 Å². The average Bonchev–Trinajstić information content (AvgIpc) is 3.52. The number of aromatic nitrogens is 3. The maximum atomic E-state index is 16.5. The van der Waals surface area contributed by atoms with Crippen LogP contribution in [-0.4, -0.2) is 82.7 Å². The van der Waals surface area contributed by atoms with E-state index in [1.807, 2.05) is 4.90 Å². The third-order valence-electron chi connectivity index (χ3n) is 8.64. The fraction of sp³-hybridized carbons (Fsp3) is 0.387. The van der Waals surface area contributed by atoms with E-state index in [1.54, 1.807) is 0 Å². The molecule has 1 N–H and O–H groups in total. The van der Waals surface area contributed by atoms with E-state index in [0.29, 0.717) is 55.9 Å². The average molecular weight is 576 g/mol. The molecule has 0 radical (unpaired) electrons. The number of rotatable bonds is 5. The Kier molecular flexibility index (Phi) is 6.55. The fourth-order valence-corrected chi connectivity index (χ4v) is 6.69. The Morgan fingerprint density at radius 1 is 1.17 bits per heavy atom. The summed E-state index contributed by atoms with van der Waals surface area (Å²) < 4.78 is 57.2. The van der Waals surface area contributed by atoms with Crippen LogP contribution < -0.4 is 9.64 Å². The zero-order chi connectivity index (χ0) is 29.0. The van der Waals surface area contributed by atoms with Crippen LogP contribution in [0.2, 0.25) is 0 Å². The molecule has 0 spiro atoms. The number of anilines is 1. The molecule has 0 aliphatic carbocycles. The molecule has 0 amide bonds. The van der Waals surface area contributed by atoms with Gasteiger partial charge in [0, 0.05) is 43.2 Å². The van der Waals surface area contributed by atoms with Gasteiger partial charge in [-0.05, 0) is 43.0 Å². The number of nitrogens with zero attached hydrogens (tertiary/aromatic N) is 5. The van der Waals surface area contributed by atoms with Gasteiger partial charge in [0.2, 0.25) is 0 Å². The Bertz CT molecular complexity index is 1760. The van der Waals surface area contributed by atoms with E-state index in [9.17, 15) is 13.9 Å². The zero-order valence-electron chi connectivity index (χ0n) is 22.7. The first-order valence-electron chi connectivity index (χ1n) is 14.0. The number of phenolic OH excluding ortho intramolecular Hbond substituents is 1. The minimum Gasteiger partial charge on any atom is -0.508 e. The smallest absolute Gasteiger partial charge is 0.319 e. The lowest BCUT2D eigenvalue weighted by Gasteiger charge is -2.31. The van der Waals surface area contributed by atoms with E-state index in [0.717, 1.165) is 19.4 Å². The fourth-order valence-electron chi connectivity index (χ4n) is 6.69. The van der Waals surface area contributed by atoms with Gasteiger partial charge in [0.15, 0.2) is 5.82 Å². The maximum Gasteiger partial charge on any atom is 0.319 e. The van der Waals surface area contributed by atoms with Crippen LogP contribution in [0.4, 0.5) is 19.0 Å². The van der Waals surface area contributed by atoms with E-state index < -0.39 is 23.3 Å². The van der Waals surface area contributed by atoms with Gasteiger partial charge < -0.3 is 19.5 Å². The van der Waals surface area contributed by atoms with Crippen LogP contribution in [0.3, 0.4) is 0 Å². The summed E-state index contributed by atoms with van der Waals surface area (Å²) in [7, 11) is 0. The van der Waals surface area contributed by atoms with Gasteiger partial charge in [-0.2, -0.15) is 9.97 Å². The number of pyridine rings is 1. The van der Waals surface area contributed by atoms with Gasteiger partial charge in [0.1, 0.15) is 41.4 Å². The summed E-state index contributed by atoms with van der Waals surface area (Å²) in [5.74, 6) is 1.20. The van der Waals surface area contributed by atoms with E-state index in [1.165, 1.54) is 30.5 Å². The lowest BCUT2D eigenvalue weighted by Crippen LogP contribution is -2.43. The Morgan fingerprint density at radius 3 is 2.81 bits per heavy atom. The molecule has 7 rings (SSSR count). The van der Waals surface area contributed by atoms with Gasteiger partial charge in [-0.1, -0.05) is 12.0 Å². The summed E-state index contributed by atoms with van der Waals surface area (Å²) in [5.41, 5.74) is -0.564. The summed E-state index contributed by atoms with van der Waals surface area (Å²) in [6.07, 6.45) is 8.31. The number of phenols is 1. The number of alkyl halides is 1. The molecular weight excluding hydrogens is 547 g/mol. The highest BCUT2D eigenvalue weighted by Crippen LogP contribution is 2.41. The predicted octanol–water partition coefficient (Wildman–Crippen LogP) is 4.60. The molecule has 2 atom stereocenters. The van der Waals surface area contributed by atoms with Gasteiger partial charge in [-0.3, -0.25) is 9.88 Å². The molecule has 0 saturated carbocycles. The number of ether oxygens (including phenoxy) is 2. The first-order chi connectivity index (χ1) is 20.4. The molecule has 2 aromatic heterocycles. The maximum absolute atomic E-state index is 16.5. The largest absolute Gasteiger partial charge is 0.508 e. The summed E-state index contributed by atoms with van der Waals surface area (Å²) in [5, 5.41) is 11.5. The van der Waals surface area contributed by atoms with Gasteiger partial charge in [-0.25, -0.2) is 13.2 Å². The lowest BCUT2D eigenvalue weighted by molar-refractivity contribution is 0.107. The molecule has 11 heteroatoms. The van der Waals surface area contributed by atoms with Crippen molar-refractivity contribution in [3.05, 3.63) is 47.7 Å². The van der Waals surface area contributed by atoms with Crippen molar-refractivity contribution in [2.45, 2.75) is 31.0 Å². The second-order valence-electron chi connectivity index (χ2n) is 11.1. The summed E-state index contributed by atoms with van der Waals surface area (Å²) in [6, 6.07) is 5.38. The molecule has 8 nitrogen and oxygen atoms in total. The van der Waals surface area contributed by atoms with Crippen molar-refractivity contribution in [3.63, 3.8) is 0 Å². The van der Waals surface area contributed by atoms with Crippen molar-refractivity contribution in [2.24, 2.45) is 0 Å². The van der Waals surface area contributed by atoms with Crippen molar-refractivity contribution in [2.75, 3.05) is 50.9 Å². The molecule has 2 unspecified atom stereocenters. The van der Waals surface area contributed by atoms with E-state index >= 15 is 4.39 Å². The van der Waals surface area contributed by atoms with Gasteiger partial charge in [0.05, 0.1) is 29.7 Å². The molecule has 2 aromatic carbocycles. The number of halogens is 3. The minimum atomic E-state index is -0.920. The molecule has 5 heterocycles. The number of hydrogen-bond donors (Lipinski definition) is 1. The second kappa shape index (κ2) is 10.3. The van der Waals surface area contributed by atoms with Crippen LogP contribution in [0.25, 0.3) is 32.9 Å². The molecular formula is C31H28F3N5O3. The normalized spacial score (nSPS) is 22.5. The summed E-state index contributed by atoms with van der Waals surface area (Å²) in [6.45, 7) is 3.37. The van der Waals surface area contributed by atoms with Crippen LogP contribution in [0.1, 0.15) is 24.8 Å². The van der Waals surface area contributed by atoms with Crippen LogP contribution in [0.5, 0.6) is 11.8 Å². The molecule has 3 saturated heterocycles. The number of terminal acetylenes is 1. The summed E-state index contributed by atoms with van der Waals surface area (Å²) in [4.78, 5) is 17.6. The van der Waals surface area contributed by atoms with Crippen LogP contribution >= 0.6 is 0 Å². The standard InChI is InChI=1S/C31H28F3N5O3/c1-2-21-24(33)5-4-18-12-20(40)13-22(25(18)21)27-26(34)28-23(15-35-27)29(38-8-10-41-11-9-38)37-30(36-28)42-17-31-6-3-7-39(31)16-19(32)14-31/h1,4-5,12-13,15,19,40H,3,6-11,14,16-17H2. The molecule has 0 bridgehead atoms. The Hall–Kier alpha value is -4.14. The van der Waals surface area contributed by atoms with Crippen molar-refractivity contribution in [3.8, 4) is 35.4 Å². The Balaban J connectivity index is 1.38. The molecule has 42 heavy (non-hydrogen) atoms. The molecule has 3 fully saturated rings. The van der Waals surface area contributed by atoms with Crippen molar-refractivity contribution < 1.29 is 27.8 Å². The number of fused-ring (bicyclic) bond motifs is 3. The first kappa shape index (κ1) is 26.7. The first-order valence-corrected chi connectivity index (χ1v) is 14.0. The molecule has 3 aliphatic heterocycles.